The van der Waals surface area contributed by atoms with E-state index in [9.17, 15) is 0 Å². The van der Waals surface area contributed by atoms with Gasteiger partial charge in [0.25, 0.3) is 0 Å². The molecular weight excluding hydrogens is 310 g/mol. The molecule has 4 rings (SSSR count). The van der Waals surface area contributed by atoms with Crippen molar-refractivity contribution in [3.05, 3.63) is 53.3 Å². The van der Waals surface area contributed by atoms with Crippen molar-refractivity contribution < 1.29 is 0 Å². The largest absolute Gasteiger partial charge is 0.368 e. The van der Waals surface area contributed by atoms with Crippen LogP contribution in [0.4, 0.5) is 5.95 Å². The first-order chi connectivity index (χ1) is 12.1. The standard InChI is InChI=1S/C20H27N5/c1-16-2-4-18(5-3-16)20(6-7-20)15-25-10-8-24(9-11-25)14-17-12-22-19(21)23-13-17/h2-5,12-13H,6-11,14-15H2,1H3,(H2,21,22,23). The highest BCUT2D eigenvalue weighted by molar-refractivity contribution is 5.34. The minimum absolute atomic E-state index is 0.347. The van der Waals surface area contributed by atoms with Gasteiger partial charge in [-0.1, -0.05) is 29.8 Å². The smallest absolute Gasteiger partial charge is 0.219 e. The lowest BCUT2D eigenvalue weighted by molar-refractivity contribution is 0.119. The number of anilines is 1. The van der Waals surface area contributed by atoms with Crippen molar-refractivity contribution in [2.75, 3.05) is 38.5 Å². The fourth-order valence-corrected chi connectivity index (χ4v) is 3.83. The topological polar surface area (TPSA) is 58.3 Å². The molecular formula is C20H27N5. The van der Waals surface area contributed by atoms with Crippen molar-refractivity contribution in [1.82, 2.24) is 19.8 Å². The predicted molar refractivity (Wildman–Crippen MR) is 100 cm³/mol. The molecule has 1 aliphatic heterocycles. The lowest BCUT2D eigenvalue weighted by atomic mass is 9.94. The zero-order chi connectivity index (χ0) is 17.3. The fraction of sp³-hybridized carbons (Fsp3) is 0.500. The summed E-state index contributed by atoms with van der Waals surface area (Å²) in [4.78, 5) is 13.3. The number of nitrogens with two attached hydrogens (primary N) is 1. The first-order valence-electron chi connectivity index (χ1n) is 9.21. The molecule has 5 nitrogen and oxygen atoms in total. The molecule has 0 unspecified atom stereocenters. The molecule has 1 aliphatic carbocycles. The molecule has 25 heavy (non-hydrogen) atoms. The molecule has 2 aromatic rings. The summed E-state index contributed by atoms with van der Waals surface area (Å²) >= 11 is 0. The van der Waals surface area contributed by atoms with Crippen LogP contribution in [0, 0.1) is 6.92 Å². The predicted octanol–water partition coefficient (Wildman–Crippen LogP) is 2.22. The van der Waals surface area contributed by atoms with Crippen LogP contribution < -0.4 is 5.73 Å². The van der Waals surface area contributed by atoms with Crippen molar-refractivity contribution in [1.29, 1.82) is 0 Å². The van der Waals surface area contributed by atoms with Gasteiger partial charge in [0.2, 0.25) is 5.95 Å². The molecule has 0 radical (unpaired) electrons. The van der Waals surface area contributed by atoms with Gasteiger partial charge in [-0.25, -0.2) is 9.97 Å². The summed E-state index contributed by atoms with van der Waals surface area (Å²) in [6.45, 7) is 8.77. The molecule has 0 bridgehead atoms. The highest BCUT2D eigenvalue weighted by atomic mass is 15.3. The Morgan fingerprint density at radius 1 is 0.960 bits per heavy atom. The molecule has 2 aliphatic rings. The summed E-state index contributed by atoms with van der Waals surface area (Å²) in [5.74, 6) is 0.347. The van der Waals surface area contributed by atoms with Gasteiger partial charge in [0.15, 0.2) is 0 Å². The Kier molecular flexibility index (Phi) is 4.44. The van der Waals surface area contributed by atoms with Gasteiger partial charge in [0.05, 0.1) is 0 Å². The zero-order valence-electron chi connectivity index (χ0n) is 15.0. The van der Waals surface area contributed by atoms with Crippen molar-refractivity contribution in [3.63, 3.8) is 0 Å². The van der Waals surface area contributed by atoms with Gasteiger partial charge in [-0.2, -0.15) is 0 Å². The van der Waals surface area contributed by atoms with E-state index in [1.807, 2.05) is 12.4 Å². The number of aryl methyl sites for hydroxylation is 1. The van der Waals surface area contributed by atoms with Crippen LogP contribution in [0.1, 0.15) is 29.5 Å². The van der Waals surface area contributed by atoms with Gasteiger partial charge in [-0.05, 0) is 25.3 Å². The van der Waals surface area contributed by atoms with Crippen LogP contribution in [0.2, 0.25) is 0 Å². The number of rotatable bonds is 5. The van der Waals surface area contributed by atoms with E-state index in [4.69, 9.17) is 5.73 Å². The van der Waals surface area contributed by atoms with Gasteiger partial charge in [-0.3, -0.25) is 9.80 Å². The molecule has 5 heteroatoms. The van der Waals surface area contributed by atoms with Crippen LogP contribution in [-0.2, 0) is 12.0 Å². The highest BCUT2D eigenvalue weighted by Crippen LogP contribution is 2.48. The Morgan fingerprint density at radius 3 is 2.16 bits per heavy atom. The molecule has 132 valence electrons. The average Bonchev–Trinajstić information content (AvgIpc) is 3.40. The van der Waals surface area contributed by atoms with E-state index in [-0.39, 0.29) is 0 Å². The van der Waals surface area contributed by atoms with E-state index in [1.54, 1.807) is 0 Å². The third kappa shape index (κ3) is 3.83. The van der Waals surface area contributed by atoms with Crippen LogP contribution in [0.15, 0.2) is 36.7 Å². The number of aromatic nitrogens is 2. The molecule has 0 amide bonds. The van der Waals surface area contributed by atoms with Crippen LogP contribution in [0.5, 0.6) is 0 Å². The lowest BCUT2D eigenvalue weighted by Crippen LogP contribution is -2.48. The minimum Gasteiger partial charge on any atom is -0.368 e. The molecule has 2 heterocycles. The van der Waals surface area contributed by atoms with Crippen LogP contribution in [0.3, 0.4) is 0 Å². The maximum atomic E-state index is 5.56. The average molecular weight is 337 g/mol. The van der Waals surface area contributed by atoms with E-state index in [0.29, 0.717) is 11.4 Å². The first-order valence-corrected chi connectivity index (χ1v) is 9.21. The fourth-order valence-electron chi connectivity index (χ4n) is 3.83. The van der Waals surface area contributed by atoms with Crippen molar-refractivity contribution >= 4 is 5.95 Å². The number of piperazine rings is 1. The summed E-state index contributed by atoms with van der Waals surface area (Å²) < 4.78 is 0. The van der Waals surface area contributed by atoms with Crippen LogP contribution >= 0.6 is 0 Å². The second-order valence-corrected chi connectivity index (χ2v) is 7.65. The quantitative estimate of drug-likeness (QED) is 0.906. The molecule has 0 spiro atoms. The third-order valence-electron chi connectivity index (χ3n) is 5.64. The Bertz CT molecular complexity index is 698. The normalized spacial score (nSPS) is 20.5. The van der Waals surface area contributed by atoms with E-state index in [0.717, 1.165) is 38.3 Å². The van der Waals surface area contributed by atoms with E-state index < -0.39 is 0 Å². The number of hydrogen-bond donors (Lipinski definition) is 1. The summed E-state index contributed by atoms with van der Waals surface area (Å²) in [6.07, 6.45) is 6.34. The first kappa shape index (κ1) is 16.5. The molecule has 1 aromatic heterocycles. The molecule has 2 fully saturated rings. The van der Waals surface area contributed by atoms with Gasteiger partial charge >= 0.3 is 0 Å². The van der Waals surface area contributed by atoms with Crippen molar-refractivity contribution in [3.8, 4) is 0 Å². The van der Waals surface area contributed by atoms with Crippen LogP contribution in [-0.4, -0.2) is 52.5 Å². The third-order valence-corrected chi connectivity index (χ3v) is 5.64. The number of hydrogen-bond acceptors (Lipinski definition) is 5. The second kappa shape index (κ2) is 6.73. The van der Waals surface area contributed by atoms with Gasteiger partial charge in [0.1, 0.15) is 0 Å². The van der Waals surface area contributed by atoms with Crippen molar-refractivity contribution in [2.45, 2.75) is 31.7 Å². The molecule has 1 saturated heterocycles. The number of nitrogen functional groups attached to an aromatic ring is 1. The second-order valence-electron chi connectivity index (χ2n) is 7.65. The van der Waals surface area contributed by atoms with Gasteiger partial charge < -0.3 is 5.73 Å². The Hall–Kier alpha value is -1.98. The van der Waals surface area contributed by atoms with E-state index >= 15 is 0 Å². The summed E-state index contributed by atoms with van der Waals surface area (Å²) in [5, 5.41) is 0. The lowest BCUT2D eigenvalue weighted by Gasteiger charge is -2.36. The molecule has 1 saturated carbocycles. The Morgan fingerprint density at radius 2 is 1.56 bits per heavy atom. The van der Waals surface area contributed by atoms with Crippen molar-refractivity contribution in [2.24, 2.45) is 0 Å². The minimum atomic E-state index is 0.347. The Balaban J connectivity index is 1.30. The monoisotopic (exact) mass is 337 g/mol. The van der Waals surface area contributed by atoms with Crippen LogP contribution in [0.25, 0.3) is 0 Å². The van der Waals surface area contributed by atoms with E-state index in [2.05, 4.69) is 51.0 Å². The Labute approximate surface area is 149 Å². The number of benzene rings is 1. The SMILES string of the molecule is Cc1ccc(C2(CN3CCN(Cc4cnc(N)nc4)CC3)CC2)cc1. The molecule has 0 atom stereocenters. The van der Waals surface area contributed by atoms with E-state index in [1.165, 1.54) is 30.5 Å². The maximum Gasteiger partial charge on any atom is 0.219 e. The maximum absolute atomic E-state index is 5.56. The summed E-state index contributed by atoms with van der Waals surface area (Å²) in [5.41, 5.74) is 9.99. The highest BCUT2D eigenvalue weighted by Gasteiger charge is 2.45. The van der Waals surface area contributed by atoms with Gasteiger partial charge in [0, 0.05) is 62.6 Å². The molecule has 1 aromatic carbocycles. The molecule has 2 N–H and O–H groups in total. The number of nitrogens with zero attached hydrogens (tertiary/aromatic N) is 4. The van der Waals surface area contributed by atoms with Gasteiger partial charge in [-0.15, -0.1) is 0 Å². The zero-order valence-corrected chi connectivity index (χ0v) is 15.0. The summed E-state index contributed by atoms with van der Waals surface area (Å²) in [7, 11) is 0. The summed E-state index contributed by atoms with van der Waals surface area (Å²) in [6, 6.07) is 9.17.